The number of halogens is 2. The predicted octanol–water partition coefficient (Wildman–Crippen LogP) is 2.82. The molecule has 2 unspecified atom stereocenters. The van der Waals surface area contributed by atoms with Gasteiger partial charge in [-0.2, -0.15) is 0 Å². The van der Waals surface area contributed by atoms with Crippen molar-refractivity contribution >= 4 is 40.2 Å². The molecule has 140 valence electrons. The van der Waals surface area contributed by atoms with Crippen LogP contribution < -0.4 is 11.1 Å². The number of rotatable bonds is 5. The third kappa shape index (κ3) is 5.19. The summed E-state index contributed by atoms with van der Waals surface area (Å²) in [5.74, 6) is -0.258. The van der Waals surface area contributed by atoms with E-state index in [9.17, 15) is 9.59 Å². The minimum absolute atomic E-state index is 0. The fourth-order valence-corrected chi connectivity index (χ4v) is 3.42. The monoisotopic (exact) mass is 431 g/mol. The van der Waals surface area contributed by atoms with Gasteiger partial charge >= 0.3 is 0 Å². The summed E-state index contributed by atoms with van der Waals surface area (Å²) in [7, 11) is 0. The maximum absolute atomic E-state index is 12.9. The summed E-state index contributed by atoms with van der Waals surface area (Å²) < 4.78 is 0.717. The molecule has 0 bridgehead atoms. The zero-order valence-corrected chi connectivity index (χ0v) is 17.3. The topological polar surface area (TPSA) is 75.4 Å². The number of carbonyl (C=O) groups excluding carboxylic acids is 2. The second-order valence-electron chi connectivity index (χ2n) is 7.20. The van der Waals surface area contributed by atoms with Crippen molar-refractivity contribution in [1.82, 2.24) is 10.2 Å². The Morgan fingerprint density at radius 3 is 2.52 bits per heavy atom. The summed E-state index contributed by atoms with van der Waals surface area (Å²) >= 11 is 3.38. The molecular weight excluding hydrogens is 406 g/mol. The fourth-order valence-electron chi connectivity index (χ4n) is 2.95. The first kappa shape index (κ1) is 21.9. The van der Waals surface area contributed by atoms with E-state index >= 15 is 0 Å². The van der Waals surface area contributed by atoms with Crippen LogP contribution in [0.25, 0.3) is 0 Å². The van der Waals surface area contributed by atoms with Gasteiger partial charge in [-0.1, -0.05) is 32.9 Å². The normalized spacial score (nSPS) is 21.0. The van der Waals surface area contributed by atoms with E-state index in [1.165, 1.54) is 0 Å². The van der Waals surface area contributed by atoms with Gasteiger partial charge in [0, 0.05) is 17.6 Å². The van der Waals surface area contributed by atoms with Gasteiger partial charge in [-0.05, 0) is 52.4 Å². The van der Waals surface area contributed by atoms with Crippen LogP contribution >= 0.6 is 28.3 Å². The highest BCUT2D eigenvalue weighted by Crippen LogP contribution is 2.29. The van der Waals surface area contributed by atoms with Crippen molar-refractivity contribution in [2.75, 3.05) is 19.6 Å². The first-order chi connectivity index (χ1) is 11.3. The van der Waals surface area contributed by atoms with Crippen molar-refractivity contribution in [3.63, 3.8) is 0 Å². The number of benzene rings is 1. The molecule has 5 nitrogen and oxygen atoms in total. The van der Waals surface area contributed by atoms with Crippen LogP contribution in [-0.2, 0) is 4.79 Å². The number of amides is 2. The first-order valence-electron chi connectivity index (χ1n) is 8.31. The standard InChI is InChI=1S/C18H26BrN3O2.ClH/c1-12(2)15(17(24)22-9-8-18(3,10-20)11-22)21-16(23)13-6-4-5-7-14(13)19;/h4-7,12,15H,8-11,20H2,1-3H3,(H,21,23);1H. The van der Waals surface area contributed by atoms with Crippen molar-refractivity contribution in [2.24, 2.45) is 17.1 Å². The number of likely N-dealkylation sites (tertiary alicyclic amines) is 1. The second kappa shape index (κ2) is 9.01. The van der Waals surface area contributed by atoms with Gasteiger partial charge in [0.05, 0.1) is 5.56 Å². The third-order valence-corrected chi connectivity index (χ3v) is 5.39. The van der Waals surface area contributed by atoms with E-state index in [1.54, 1.807) is 12.1 Å². The Hall–Kier alpha value is -1.11. The minimum Gasteiger partial charge on any atom is -0.340 e. The van der Waals surface area contributed by atoms with Crippen LogP contribution in [0.4, 0.5) is 0 Å². The van der Waals surface area contributed by atoms with E-state index in [2.05, 4.69) is 28.2 Å². The molecule has 0 radical (unpaired) electrons. The van der Waals surface area contributed by atoms with Crippen LogP contribution in [-0.4, -0.2) is 42.4 Å². The van der Waals surface area contributed by atoms with Gasteiger partial charge in [-0.3, -0.25) is 9.59 Å². The van der Waals surface area contributed by atoms with Crippen molar-refractivity contribution in [3.05, 3.63) is 34.3 Å². The van der Waals surface area contributed by atoms with Crippen molar-refractivity contribution in [1.29, 1.82) is 0 Å². The molecule has 2 amide bonds. The van der Waals surface area contributed by atoms with Crippen LogP contribution in [0, 0.1) is 11.3 Å². The molecule has 1 aliphatic rings. The van der Waals surface area contributed by atoms with Crippen molar-refractivity contribution in [3.8, 4) is 0 Å². The minimum atomic E-state index is -0.537. The average molecular weight is 433 g/mol. The second-order valence-corrected chi connectivity index (χ2v) is 8.05. The van der Waals surface area contributed by atoms with E-state index in [0.29, 0.717) is 29.7 Å². The highest BCUT2D eigenvalue weighted by Gasteiger charge is 2.38. The molecule has 0 aliphatic carbocycles. The van der Waals surface area contributed by atoms with Crippen LogP contribution in [0.1, 0.15) is 37.6 Å². The molecular formula is C18H27BrClN3O2. The molecule has 0 saturated carbocycles. The Morgan fingerprint density at radius 2 is 2.00 bits per heavy atom. The molecule has 25 heavy (non-hydrogen) atoms. The SMILES string of the molecule is CC(C)C(NC(=O)c1ccccc1Br)C(=O)N1CCC(C)(CN)C1.Cl. The molecule has 1 aliphatic heterocycles. The van der Waals surface area contributed by atoms with Gasteiger partial charge in [0.15, 0.2) is 0 Å². The maximum Gasteiger partial charge on any atom is 0.253 e. The number of nitrogens with zero attached hydrogens (tertiary/aromatic N) is 1. The van der Waals surface area contributed by atoms with E-state index in [-0.39, 0.29) is 35.6 Å². The van der Waals surface area contributed by atoms with Crippen LogP contribution in [0.5, 0.6) is 0 Å². The largest absolute Gasteiger partial charge is 0.340 e. The van der Waals surface area contributed by atoms with Gasteiger partial charge in [-0.25, -0.2) is 0 Å². The summed E-state index contributed by atoms with van der Waals surface area (Å²) in [5.41, 5.74) is 6.33. The van der Waals surface area contributed by atoms with Crippen LogP contribution in [0.3, 0.4) is 0 Å². The molecule has 0 aromatic heterocycles. The Balaban J connectivity index is 0.00000312. The smallest absolute Gasteiger partial charge is 0.253 e. The highest BCUT2D eigenvalue weighted by molar-refractivity contribution is 9.10. The zero-order chi connectivity index (χ0) is 17.9. The lowest BCUT2D eigenvalue weighted by Crippen LogP contribution is -2.51. The number of carbonyl (C=O) groups is 2. The van der Waals surface area contributed by atoms with Gasteiger partial charge in [0.2, 0.25) is 5.91 Å². The summed E-state index contributed by atoms with van der Waals surface area (Å²) in [4.78, 5) is 27.3. The number of nitrogens with two attached hydrogens (primary N) is 1. The lowest BCUT2D eigenvalue weighted by Gasteiger charge is -2.28. The molecule has 0 spiro atoms. The molecule has 2 atom stereocenters. The summed E-state index contributed by atoms with van der Waals surface area (Å²) in [6.07, 6.45) is 0.901. The molecule has 3 N–H and O–H groups in total. The molecule has 1 aromatic carbocycles. The Labute approximate surface area is 164 Å². The molecule has 1 aromatic rings. The zero-order valence-electron chi connectivity index (χ0n) is 14.9. The lowest BCUT2D eigenvalue weighted by molar-refractivity contribution is -0.133. The lowest BCUT2D eigenvalue weighted by atomic mass is 9.90. The molecule has 1 saturated heterocycles. The van der Waals surface area contributed by atoms with Crippen LogP contribution in [0.2, 0.25) is 0 Å². The maximum atomic E-state index is 12.9. The van der Waals surface area contributed by atoms with E-state index in [1.807, 2.05) is 30.9 Å². The summed E-state index contributed by atoms with van der Waals surface area (Å²) in [5, 5.41) is 2.90. The third-order valence-electron chi connectivity index (χ3n) is 4.70. The van der Waals surface area contributed by atoms with Gasteiger partial charge in [0.1, 0.15) is 6.04 Å². The fraction of sp³-hybridized carbons (Fsp3) is 0.556. The Kier molecular flexibility index (Phi) is 7.90. The molecule has 2 rings (SSSR count). The predicted molar refractivity (Wildman–Crippen MR) is 106 cm³/mol. The molecule has 1 fully saturated rings. The number of hydrogen-bond acceptors (Lipinski definition) is 3. The van der Waals surface area contributed by atoms with E-state index in [0.717, 1.165) is 6.42 Å². The van der Waals surface area contributed by atoms with Crippen molar-refractivity contribution in [2.45, 2.75) is 33.2 Å². The summed E-state index contributed by atoms with van der Waals surface area (Å²) in [6.45, 7) is 7.90. The van der Waals surface area contributed by atoms with E-state index < -0.39 is 6.04 Å². The van der Waals surface area contributed by atoms with Gasteiger partial charge < -0.3 is 16.0 Å². The average Bonchev–Trinajstić information content (AvgIpc) is 2.95. The quantitative estimate of drug-likeness (QED) is 0.751. The molecule has 1 heterocycles. The van der Waals surface area contributed by atoms with Crippen molar-refractivity contribution < 1.29 is 9.59 Å². The summed E-state index contributed by atoms with van der Waals surface area (Å²) in [6, 6.07) is 6.67. The first-order valence-corrected chi connectivity index (χ1v) is 9.11. The Morgan fingerprint density at radius 1 is 1.36 bits per heavy atom. The molecule has 7 heteroatoms. The van der Waals surface area contributed by atoms with Gasteiger partial charge in [0.25, 0.3) is 5.91 Å². The number of nitrogens with one attached hydrogen (secondary N) is 1. The highest BCUT2D eigenvalue weighted by atomic mass is 79.9. The number of hydrogen-bond donors (Lipinski definition) is 2. The van der Waals surface area contributed by atoms with Crippen LogP contribution in [0.15, 0.2) is 28.7 Å². The Bertz CT molecular complexity index is 626. The van der Waals surface area contributed by atoms with E-state index in [4.69, 9.17) is 5.73 Å². The van der Waals surface area contributed by atoms with Gasteiger partial charge in [-0.15, -0.1) is 12.4 Å².